The zero-order valence-corrected chi connectivity index (χ0v) is 16.6. The summed E-state index contributed by atoms with van der Waals surface area (Å²) in [6.45, 7) is 8.21. The molecule has 2 aromatic rings. The Morgan fingerprint density at radius 1 is 1.30 bits per heavy atom. The number of fused-ring (bicyclic) bond motifs is 3. The van der Waals surface area contributed by atoms with Crippen LogP contribution in [-0.2, 0) is 23.7 Å². The van der Waals surface area contributed by atoms with Crippen LogP contribution in [0, 0.1) is 29.6 Å². The molecule has 1 aromatic carbocycles. The number of nitrogens with zero attached hydrogens (tertiary/aromatic N) is 3. The topological polar surface area (TPSA) is 58.7 Å². The van der Waals surface area contributed by atoms with Crippen LogP contribution >= 0.6 is 0 Å². The van der Waals surface area contributed by atoms with Crippen LogP contribution in [0.2, 0.25) is 0 Å². The SMILES string of the molecule is Cc1cccc(-c2c3c(nn2C)C2(C)C=C(C#N)C(=O)C(C)(C)C2CC3)c1. The van der Waals surface area contributed by atoms with Crippen molar-refractivity contribution in [2.45, 2.75) is 46.0 Å². The summed E-state index contributed by atoms with van der Waals surface area (Å²) in [6.07, 6.45) is 3.71. The van der Waals surface area contributed by atoms with E-state index in [-0.39, 0.29) is 17.3 Å². The van der Waals surface area contributed by atoms with Gasteiger partial charge in [-0.3, -0.25) is 9.48 Å². The lowest BCUT2D eigenvalue weighted by molar-refractivity contribution is -0.128. The fourth-order valence-electron chi connectivity index (χ4n) is 5.38. The number of nitriles is 1. The van der Waals surface area contributed by atoms with Gasteiger partial charge < -0.3 is 0 Å². The number of aromatic nitrogens is 2. The number of hydrogen-bond donors (Lipinski definition) is 0. The molecule has 138 valence electrons. The van der Waals surface area contributed by atoms with Crippen molar-refractivity contribution in [3.8, 4) is 17.3 Å². The first-order chi connectivity index (χ1) is 12.7. The van der Waals surface area contributed by atoms with E-state index in [0.717, 1.165) is 24.2 Å². The lowest BCUT2D eigenvalue weighted by Crippen LogP contribution is -2.51. The smallest absolute Gasteiger partial charge is 0.178 e. The van der Waals surface area contributed by atoms with Gasteiger partial charge in [-0.25, -0.2) is 0 Å². The maximum absolute atomic E-state index is 12.8. The normalized spacial score (nSPS) is 26.0. The molecule has 0 bridgehead atoms. The summed E-state index contributed by atoms with van der Waals surface area (Å²) in [5.41, 5.74) is 5.11. The molecule has 2 aliphatic rings. The number of allylic oxidation sites excluding steroid dienone is 2. The van der Waals surface area contributed by atoms with Gasteiger partial charge in [0.25, 0.3) is 0 Å². The van der Waals surface area contributed by atoms with Gasteiger partial charge >= 0.3 is 0 Å². The third kappa shape index (κ3) is 2.34. The van der Waals surface area contributed by atoms with E-state index >= 15 is 0 Å². The zero-order valence-electron chi connectivity index (χ0n) is 16.6. The van der Waals surface area contributed by atoms with Gasteiger partial charge in [-0.2, -0.15) is 10.4 Å². The molecular formula is C23H25N3O. The second kappa shape index (κ2) is 5.66. The largest absolute Gasteiger partial charge is 0.293 e. The second-order valence-corrected chi connectivity index (χ2v) is 8.76. The molecule has 0 fully saturated rings. The maximum Gasteiger partial charge on any atom is 0.178 e. The van der Waals surface area contributed by atoms with Gasteiger partial charge in [0.15, 0.2) is 5.78 Å². The van der Waals surface area contributed by atoms with Crippen LogP contribution in [0.1, 0.15) is 44.0 Å². The number of aryl methyl sites for hydroxylation is 2. The molecule has 0 aliphatic heterocycles. The van der Waals surface area contributed by atoms with Crippen molar-refractivity contribution < 1.29 is 4.79 Å². The van der Waals surface area contributed by atoms with Gasteiger partial charge in [0.2, 0.25) is 0 Å². The summed E-state index contributed by atoms with van der Waals surface area (Å²) >= 11 is 0. The summed E-state index contributed by atoms with van der Waals surface area (Å²) in [4.78, 5) is 12.8. The molecule has 0 radical (unpaired) electrons. The summed E-state index contributed by atoms with van der Waals surface area (Å²) in [6, 6.07) is 10.6. The van der Waals surface area contributed by atoms with Gasteiger partial charge in [-0.05, 0) is 31.7 Å². The minimum atomic E-state index is -0.562. The lowest BCUT2D eigenvalue weighted by atomic mass is 9.52. The van der Waals surface area contributed by atoms with Gasteiger partial charge in [0, 0.05) is 29.0 Å². The number of carbonyl (C=O) groups excluding carboxylic acids is 1. The third-order valence-electron chi connectivity index (χ3n) is 6.62. The Balaban J connectivity index is 1.96. The highest BCUT2D eigenvalue weighted by Crippen LogP contribution is 2.55. The van der Waals surface area contributed by atoms with Gasteiger partial charge in [-0.1, -0.05) is 50.6 Å². The van der Waals surface area contributed by atoms with E-state index in [1.165, 1.54) is 16.7 Å². The molecule has 1 heterocycles. The van der Waals surface area contributed by atoms with E-state index in [1.807, 2.05) is 31.7 Å². The Labute approximate surface area is 160 Å². The molecule has 4 rings (SSSR count). The first-order valence-corrected chi connectivity index (χ1v) is 9.51. The van der Waals surface area contributed by atoms with Crippen LogP contribution in [0.25, 0.3) is 11.3 Å². The molecule has 4 nitrogen and oxygen atoms in total. The first kappa shape index (κ1) is 17.7. The predicted octanol–water partition coefficient (Wildman–Crippen LogP) is 4.27. The number of benzene rings is 1. The van der Waals surface area contributed by atoms with Crippen LogP contribution in [-0.4, -0.2) is 15.6 Å². The molecule has 0 saturated carbocycles. The van der Waals surface area contributed by atoms with E-state index in [2.05, 4.69) is 44.2 Å². The Morgan fingerprint density at radius 3 is 2.70 bits per heavy atom. The highest BCUT2D eigenvalue weighted by Gasteiger charge is 2.55. The second-order valence-electron chi connectivity index (χ2n) is 8.76. The average Bonchev–Trinajstić information content (AvgIpc) is 2.96. The predicted molar refractivity (Wildman–Crippen MR) is 105 cm³/mol. The number of hydrogen-bond acceptors (Lipinski definition) is 3. The molecule has 4 heteroatoms. The molecule has 0 saturated heterocycles. The van der Waals surface area contributed by atoms with Crippen LogP contribution in [0.4, 0.5) is 0 Å². The van der Waals surface area contributed by atoms with E-state index in [1.54, 1.807) is 0 Å². The fourth-order valence-corrected chi connectivity index (χ4v) is 5.38. The Bertz CT molecular complexity index is 1030. The Kier molecular flexibility index (Phi) is 3.72. The summed E-state index contributed by atoms with van der Waals surface area (Å²) in [7, 11) is 1.99. The van der Waals surface area contributed by atoms with E-state index < -0.39 is 10.8 Å². The maximum atomic E-state index is 12.8. The zero-order chi connectivity index (χ0) is 19.6. The van der Waals surface area contributed by atoms with E-state index in [4.69, 9.17) is 5.10 Å². The van der Waals surface area contributed by atoms with Gasteiger partial charge in [0.1, 0.15) is 6.07 Å². The molecule has 2 atom stereocenters. The quantitative estimate of drug-likeness (QED) is 0.764. The minimum absolute atomic E-state index is 0.0363. The molecule has 0 N–H and O–H groups in total. The number of ketones is 1. The minimum Gasteiger partial charge on any atom is -0.293 e. The van der Waals surface area contributed by atoms with Crippen molar-refractivity contribution in [1.29, 1.82) is 5.26 Å². The number of Topliss-reactive ketones (excluding diaryl/α,β-unsaturated/α-hetero) is 1. The van der Waals surface area contributed by atoms with Crippen molar-refractivity contribution in [2.24, 2.45) is 18.4 Å². The molecule has 0 spiro atoms. The third-order valence-corrected chi connectivity index (χ3v) is 6.62. The number of carbonyl (C=O) groups is 1. The lowest BCUT2D eigenvalue weighted by Gasteiger charge is -2.49. The monoisotopic (exact) mass is 359 g/mol. The van der Waals surface area contributed by atoms with Crippen molar-refractivity contribution in [3.05, 3.63) is 52.7 Å². The summed E-state index contributed by atoms with van der Waals surface area (Å²) in [5, 5.41) is 14.5. The summed E-state index contributed by atoms with van der Waals surface area (Å²) in [5.74, 6) is 0.105. The fraction of sp³-hybridized carbons (Fsp3) is 0.435. The molecule has 0 amide bonds. The van der Waals surface area contributed by atoms with Crippen molar-refractivity contribution >= 4 is 5.78 Å². The molecule has 27 heavy (non-hydrogen) atoms. The van der Waals surface area contributed by atoms with Crippen LogP contribution in [0.3, 0.4) is 0 Å². The van der Waals surface area contributed by atoms with Crippen LogP contribution < -0.4 is 0 Å². The van der Waals surface area contributed by atoms with Crippen molar-refractivity contribution in [2.75, 3.05) is 0 Å². The highest BCUT2D eigenvalue weighted by atomic mass is 16.1. The standard InChI is InChI=1S/C23H25N3O/c1-14-7-6-8-15(11-14)19-17-9-10-18-22(2,3)21(27)16(13-24)12-23(18,4)20(17)25-26(19)5/h6-8,11-12,18H,9-10H2,1-5H3. The van der Waals surface area contributed by atoms with Gasteiger partial charge in [0.05, 0.1) is 17.0 Å². The Morgan fingerprint density at radius 2 is 2.04 bits per heavy atom. The van der Waals surface area contributed by atoms with Crippen molar-refractivity contribution in [1.82, 2.24) is 9.78 Å². The number of rotatable bonds is 1. The Hall–Kier alpha value is -2.67. The first-order valence-electron chi connectivity index (χ1n) is 9.51. The molecule has 1 aromatic heterocycles. The average molecular weight is 359 g/mol. The van der Waals surface area contributed by atoms with Crippen LogP contribution in [0.5, 0.6) is 0 Å². The highest BCUT2D eigenvalue weighted by molar-refractivity contribution is 6.04. The van der Waals surface area contributed by atoms with Crippen LogP contribution in [0.15, 0.2) is 35.9 Å². The molecule has 2 unspecified atom stereocenters. The molecular weight excluding hydrogens is 334 g/mol. The van der Waals surface area contributed by atoms with Gasteiger partial charge in [-0.15, -0.1) is 0 Å². The summed E-state index contributed by atoms with van der Waals surface area (Å²) < 4.78 is 1.97. The van der Waals surface area contributed by atoms with Crippen molar-refractivity contribution in [3.63, 3.8) is 0 Å². The van der Waals surface area contributed by atoms with E-state index in [0.29, 0.717) is 0 Å². The van der Waals surface area contributed by atoms with E-state index in [9.17, 15) is 10.1 Å². The molecule has 2 aliphatic carbocycles.